The highest BCUT2D eigenvalue weighted by Crippen LogP contribution is 2.78. The molecule has 6 fully saturated rings. The predicted molar refractivity (Wildman–Crippen MR) is 130 cm³/mol. The Labute approximate surface area is 197 Å². The quantitative estimate of drug-likeness (QED) is 0.428. The lowest BCUT2D eigenvalue weighted by atomic mass is 9.31. The maximum absolute atomic E-state index is 10.9. The molecule has 1 N–H and O–H groups in total. The molecule has 6 aliphatic rings. The van der Waals surface area contributed by atoms with Crippen LogP contribution in [0.2, 0.25) is 0 Å². The fourth-order valence-electron chi connectivity index (χ4n) is 12.0. The van der Waals surface area contributed by atoms with E-state index in [2.05, 4.69) is 48.5 Å². The molecule has 0 aromatic heterocycles. The molecule has 0 aromatic rings. The number of aliphatic hydroxyl groups excluding tert-OH is 1. The summed E-state index contributed by atoms with van der Waals surface area (Å²) in [5.41, 5.74) is 2.16. The van der Waals surface area contributed by atoms with Gasteiger partial charge in [0.25, 0.3) is 0 Å². The van der Waals surface area contributed by atoms with Crippen LogP contribution in [-0.2, 0) is 4.74 Å². The number of rotatable bonds is 0. The number of hydrogen-bond donors (Lipinski definition) is 1. The highest BCUT2D eigenvalue weighted by Gasteiger charge is 2.72. The van der Waals surface area contributed by atoms with E-state index in [9.17, 15) is 5.11 Å². The lowest BCUT2D eigenvalue weighted by molar-refractivity contribution is -0.252. The van der Waals surface area contributed by atoms with Crippen LogP contribution < -0.4 is 0 Å². The fourth-order valence-corrected chi connectivity index (χ4v) is 12.0. The first kappa shape index (κ1) is 22.4. The van der Waals surface area contributed by atoms with Gasteiger partial charge in [0.2, 0.25) is 0 Å². The molecule has 0 aromatic carbocycles. The fraction of sp³-hybridized carbons (Fsp3) is 1.00. The van der Waals surface area contributed by atoms with Crippen LogP contribution in [0.15, 0.2) is 0 Å². The summed E-state index contributed by atoms with van der Waals surface area (Å²) in [6.45, 7) is 18.9. The van der Waals surface area contributed by atoms with Gasteiger partial charge >= 0.3 is 0 Å². The molecule has 2 nitrogen and oxygen atoms in total. The summed E-state index contributed by atoms with van der Waals surface area (Å²) in [7, 11) is 0. The molecule has 5 aliphatic carbocycles. The zero-order chi connectivity index (χ0) is 22.9. The van der Waals surface area contributed by atoms with Crippen LogP contribution >= 0.6 is 0 Å². The van der Waals surface area contributed by atoms with Crippen LogP contribution in [0, 0.1) is 56.2 Å². The highest BCUT2D eigenvalue weighted by molar-refractivity contribution is 5.21. The molecular formula is C30H50O2. The van der Waals surface area contributed by atoms with Crippen molar-refractivity contribution >= 4 is 0 Å². The smallest absolute Gasteiger partial charge is 0.0663 e. The van der Waals surface area contributed by atoms with Gasteiger partial charge in [-0.1, -0.05) is 48.5 Å². The molecule has 182 valence electrons. The first-order valence-corrected chi connectivity index (χ1v) is 14.1. The van der Waals surface area contributed by atoms with Gasteiger partial charge in [-0.2, -0.15) is 0 Å². The third-order valence-electron chi connectivity index (χ3n) is 14.1. The van der Waals surface area contributed by atoms with Gasteiger partial charge in [-0.15, -0.1) is 0 Å². The number of aliphatic hydroxyl groups is 1. The van der Waals surface area contributed by atoms with Gasteiger partial charge in [-0.3, -0.25) is 0 Å². The second-order valence-corrected chi connectivity index (χ2v) is 15.7. The van der Waals surface area contributed by atoms with Gasteiger partial charge in [-0.25, -0.2) is 0 Å². The van der Waals surface area contributed by atoms with Gasteiger partial charge in [-0.05, 0) is 120 Å². The van der Waals surface area contributed by atoms with Crippen LogP contribution in [-0.4, -0.2) is 23.9 Å². The van der Waals surface area contributed by atoms with E-state index >= 15 is 0 Å². The van der Waals surface area contributed by atoms with Crippen molar-refractivity contribution < 1.29 is 9.84 Å². The second kappa shape index (κ2) is 6.37. The molecule has 32 heavy (non-hydrogen) atoms. The Bertz CT molecular complexity index is 801. The van der Waals surface area contributed by atoms with Gasteiger partial charge in [0, 0.05) is 0 Å². The van der Waals surface area contributed by atoms with Crippen molar-refractivity contribution in [2.75, 3.05) is 6.61 Å². The van der Waals surface area contributed by atoms with Crippen LogP contribution in [0.5, 0.6) is 0 Å². The summed E-state index contributed by atoms with van der Waals surface area (Å²) >= 11 is 0. The van der Waals surface area contributed by atoms with E-state index in [4.69, 9.17) is 4.74 Å². The topological polar surface area (TPSA) is 29.5 Å². The van der Waals surface area contributed by atoms with Gasteiger partial charge in [0.1, 0.15) is 0 Å². The lowest BCUT2D eigenvalue weighted by Crippen LogP contribution is -2.67. The van der Waals surface area contributed by atoms with Crippen molar-refractivity contribution in [3.05, 3.63) is 0 Å². The minimum atomic E-state index is -0.122. The number of ether oxygens (including phenoxy) is 1. The van der Waals surface area contributed by atoms with Gasteiger partial charge < -0.3 is 9.84 Å². The summed E-state index contributed by atoms with van der Waals surface area (Å²) in [6.07, 6.45) is 13.7. The number of hydrogen-bond acceptors (Lipinski definition) is 2. The third kappa shape index (κ3) is 2.41. The highest BCUT2D eigenvalue weighted by atomic mass is 16.5. The van der Waals surface area contributed by atoms with Crippen molar-refractivity contribution in [2.45, 2.75) is 125 Å². The normalized spacial score (nSPS) is 60.0. The average molecular weight is 443 g/mol. The maximum atomic E-state index is 10.9. The third-order valence-corrected chi connectivity index (χ3v) is 14.1. The molecule has 10 atom stereocenters. The summed E-state index contributed by atoms with van der Waals surface area (Å²) in [5.74, 6) is 3.11. The zero-order valence-electron chi connectivity index (χ0n) is 22.1. The maximum Gasteiger partial charge on any atom is 0.0663 e. The molecule has 1 heterocycles. The van der Waals surface area contributed by atoms with E-state index < -0.39 is 0 Å². The minimum Gasteiger partial charge on any atom is -0.393 e. The molecule has 2 heteroatoms. The number of fused-ring (bicyclic) bond motifs is 5. The molecule has 9 unspecified atom stereocenters. The molecule has 5 saturated carbocycles. The summed E-state index contributed by atoms with van der Waals surface area (Å²) < 4.78 is 6.71. The van der Waals surface area contributed by atoms with E-state index in [-0.39, 0.29) is 11.5 Å². The molecule has 2 bridgehead atoms. The van der Waals surface area contributed by atoms with Crippen molar-refractivity contribution in [3.63, 3.8) is 0 Å². The zero-order valence-corrected chi connectivity index (χ0v) is 22.1. The molecular weight excluding hydrogens is 392 g/mol. The molecule has 0 amide bonds. The Balaban J connectivity index is 1.39. The monoisotopic (exact) mass is 442 g/mol. The van der Waals surface area contributed by atoms with Crippen molar-refractivity contribution in [3.8, 4) is 0 Å². The molecule has 1 aliphatic heterocycles. The van der Waals surface area contributed by atoms with Gasteiger partial charge in [0.05, 0.1) is 18.8 Å². The van der Waals surface area contributed by atoms with E-state index in [1.807, 2.05) is 0 Å². The van der Waals surface area contributed by atoms with E-state index in [0.29, 0.717) is 39.1 Å². The molecule has 0 radical (unpaired) electrons. The van der Waals surface area contributed by atoms with Crippen molar-refractivity contribution in [2.24, 2.45) is 56.2 Å². The predicted octanol–water partition coefficient (Wildman–Crippen LogP) is 7.24. The first-order chi connectivity index (χ1) is 14.8. The second-order valence-electron chi connectivity index (χ2n) is 15.7. The largest absolute Gasteiger partial charge is 0.393 e. The van der Waals surface area contributed by atoms with E-state index in [1.165, 1.54) is 57.8 Å². The summed E-state index contributed by atoms with van der Waals surface area (Å²) in [6, 6.07) is 0. The average Bonchev–Trinajstić information content (AvgIpc) is 3.05. The van der Waals surface area contributed by atoms with Crippen molar-refractivity contribution in [1.82, 2.24) is 0 Å². The SMILES string of the molecule is CC1(C)CC[C@]23CCC4(C)C(CCC5C6(C)CCC(O)C(C)(C)C6CCC54C)C2C1OC3. The Morgan fingerprint density at radius 2 is 1.41 bits per heavy atom. The summed E-state index contributed by atoms with van der Waals surface area (Å²) in [5, 5.41) is 10.9. The van der Waals surface area contributed by atoms with Crippen LogP contribution in [0.1, 0.15) is 113 Å². The Morgan fingerprint density at radius 3 is 2.16 bits per heavy atom. The lowest BCUT2D eigenvalue weighted by Gasteiger charge is -2.73. The first-order valence-electron chi connectivity index (χ1n) is 14.1. The molecule has 0 spiro atoms. The van der Waals surface area contributed by atoms with Crippen LogP contribution in [0.25, 0.3) is 0 Å². The molecule has 1 saturated heterocycles. The Morgan fingerprint density at radius 1 is 0.688 bits per heavy atom. The Hall–Kier alpha value is -0.0800. The van der Waals surface area contributed by atoms with E-state index in [1.54, 1.807) is 0 Å². The van der Waals surface area contributed by atoms with Crippen LogP contribution in [0.4, 0.5) is 0 Å². The van der Waals surface area contributed by atoms with Gasteiger partial charge in [0.15, 0.2) is 0 Å². The Kier molecular flexibility index (Phi) is 4.46. The van der Waals surface area contributed by atoms with E-state index in [0.717, 1.165) is 30.8 Å². The summed E-state index contributed by atoms with van der Waals surface area (Å²) in [4.78, 5) is 0. The van der Waals surface area contributed by atoms with Crippen molar-refractivity contribution in [1.29, 1.82) is 0 Å². The minimum absolute atomic E-state index is 0.0586. The van der Waals surface area contributed by atoms with Crippen LogP contribution in [0.3, 0.4) is 0 Å². The molecule has 6 rings (SSSR count). The standard InChI is InChI=1S/C30H50O2/c1-25(2)14-16-30-17-15-28(6)19(23(30)24(25)32-18-30)8-9-21-27(5)12-11-22(31)26(3,4)20(27)10-13-29(21,28)7/h19-24,31H,8-18H2,1-7H3/t19?,20?,21?,22?,23?,24?,27?,28?,29?,30-/m1/s1.